The number of amides is 2. The zero-order valence-electron chi connectivity index (χ0n) is 14.7. The van der Waals surface area contributed by atoms with E-state index in [1.807, 2.05) is 0 Å². The van der Waals surface area contributed by atoms with Gasteiger partial charge in [-0.25, -0.2) is 0 Å². The smallest absolute Gasteiger partial charge is 0.232 e. The van der Waals surface area contributed by atoms with Crippen LogP contribution in [-0.4, -0.2) is 45.4 Å². The van der Waals surface area contributed by atoms with Gasteiger partial charge < -0.3 is 4.43 Å². The third kappa shape index (κ3) is 3.08. The average Bonchev–Trinajstić information content (AvgIpc) is 2.69. The number of allylic oxidation sites excluding steroid dienone is 2. The highest BCUT2D eigenvalue weighted by Crippen LogP contribution is 2.41. The van der Waals surface area contributed by atoms with Crippen LogP contribution in [0.25, 0.3) is 0 Å². The van der Waals surface area contributed by atoms with Crippen molar-refractivity contribution in [2.24, 2.45) is 11.8 Å². The lowest BCUT2D eigenvalue weighted by Crippen LogP contribution is -2.48. The molecule has 4 nitrogen and oxygen atoms in total. The van der Waals surface area contributed by atoms with Crippen molar-refractivity contribution in [3.8, 4) is 0 Å². The molecule has 0 N–H and O–H groups in total. The predicted molar refractivity (Wildman–Crippen MR) is 93.1 cm³/mol. The van der Waals surface area contributed by atoms with E-state index in [9.17, 15) is 9.59 Å². The molecular formula is C16H28BNO3Si. The van der Waals surface area contributed by atoms with Crippen LogP contribution < -0.4 is 0 Å². The molecule has 0 aromatic carbocycles. The van der Waals surface area contributed by atoms with Gasteiger partial charge in [0.05, 0.1) is 12.6 Å². The summed E-state index contributed by atoms with van der Waals surface area (Å²) in [6.07, 6.45) is 5.82. The van der Waals surface area contributed by atoms with Crippen LogP contribution in [0.4, 0.5) is 4.79 Å². The molecule has 1 aliphatic carbocycles. The van der Waals surface area contributed by atoms with Gasteiger partial charge in [-0.1, -0.05) is 32.9 Å². The highest BCUT2D eigenvalue weighted by atomic mass is 28.4. The minimum absolute atomic E-state index is 0.00863. The Hall–Kier alpha value is -0.878. The Morgan fingerprint density at radius 2 is 1.95 bits per heavy atom. The fourth-order valence-corrected chi connectivity index (χ4v) is 4.20. The maximum Gasteiger partial charge on any atom is 0.232 e. The van der Waals surface area contributed by atoms with Crippen LogP contribution in [0.15, 0.2) is 12.2 Å². The Morgan fingerprint density at radius 3 is 2.50 bits per heavy atom. The maximum atomic E-state index is 12.5. The molecule has 0 bridgehead atoms. The fraction of sp³-hybridized carbons (Fsp3) is 0.750. The van der Waals surface area contributed by atoms with Crippen molar-refractivity contribution >= 4 is 27.9 Å². The first kappa shape index (κ1) is 17.5. The van der Waals surface area contributed by atoms with Crippen molar-refractivity contribution in [3.63, 3.8) is 0 Å². The van der Waals surface area contributed by atoms with Gasteiger partial charge in [-0.05, 0) is 36.9 Å². The molecule has 1 aliphatic heterocycles. The standard InChI is InChI=1S/C16H28BNO3Si/c1-16(2,3)22(4,5)21-10-13-11-8-6-7-9-12(11)14(19)18(13)15(17)20/h6-7,11-13H,8-10,17H2,1-5H3/t11?,12?,13-/m1/s1. The minimum atomic E-state index is -1.88. The Balaban J connectivity index is 2.18. The number of hydrogen-bond acceptors (Lipinski definition) is 3. The molecule has 0 radical (unpaired) electrons. The van der Waals surface area contributed by atoms with Crippen molar-refractivity contribution in [1.29, 1.82) is 0 Å². The lowest BCUT2D eigenvalue weighted by molar-refractivity contribution is -0.129. The summed E-state index contributed by atoms with van der Waals surface area (Å²) in [4.78, 5) is 26.0. The summed E-state index contributed by atoms with van der Waals surface area (Å²) in [5, 5.41) is 0.128. The van der Waals surface area contributed by atoms with Crippen LogP contribution in [0.1, 0.15) is 33.6 Å². The average molecular weight is 321 g/mol. The van der Waals surface area contributed by atoms with Crippen LogP contribution in [0.2, 0.25) is 18.1 Å². The van der Waals surface area contributed by atoms with Gasteiger partial charge in [0.1, 0.15) is 0 Å². The first-order chi connectivity index (χ1) is 10.1. The maximum absolute atomic E-state index is 12.5. The summed E-state index contributed by atoms with van der Waals surface area (Å²) in [7, 11) is -0.395. The number of carbonyl (C=O) groups is 2. The number of nitrogens with zero attached hydrogens (tertiary/aromatic N) is 1. The first-order valence-electron chi connectivity index (χ1n) is 8.19. The summed E-state index contributed by atoms with van der Waals surface area (Å²) in [6, 6.07) is -0.103. The Morgan fingerprint density at radius 1 is 1.36 bits per heavy atom. The van der Waals surface area contributed by atoms with E-state index in [0.29, 0.717) is 6.61 Å². The second-order valence-corrected chi connectivity index (χ2v) is 12.9. The van der Waals surface area contributed by atoms with Gasteiger partial charge in [0.15, 0.2) is 14.1 Å². The van der Waals surface area contributed by atoms with Crippen LogP contribution in [0.3, 0.4) is 0 Å². The topological polar surface area (TPSA) is 46.6 Å². The van der Waals surface area contributed by atoms with Gasteiger partial charge in [-0.15, -0.1) is 0 Å². The van der Waals surface area contributed by atoms with Gasteiger partial charge in [0.2, 0.25) is 13.8 Å². The summed E-state index contributed by atoms with van der Waals surface area (Å²) in [6.45, 7) is 11.5. The number of carbonyl (C=O) groups excluding carboxylic acids is 2. The molecule has 3 atom stereocenters. The van der Waals surface area contributed by atoms with Crippen LogP contribution in [0.5, 0.6) is 0 Å². The van der Waals surface area contributed by atoms with Crippen LogP contribution in [0, 0.1) is 11.8 Å². The van der Waals surface area contributed by atoms with E-state index in [0.717, 1.165) is 12.8 Å². The number of rotatable bonds is 3. The van der Waals surface area contributed by atoms with Gasteiger partial charge in [0, 0.05) is 5.92 Å². The highest BCUT2D eigenvalue weighted by molar-refractivity contribution is 6.74. The van der Waals surface area contributed by atoms with Crippen molar-refractivity contribution in [1.82, 2.24) is 4.90 Å². The van der Waals surface area contributed by atoms with E-state index in [1.165, 1.54) is 12.7 Å². The van der Waals surface area contributed by atoms with E-state index >= 15 is 0 Å². The monoisotopic (exact) mass is 321 g/mol. The van der Waals surface area contributed by atoms with E-state index in [4.69, 9.17) is 4.43 Å². The molecule has 1 heterocycles. The molecule has 122 valence electrons. The van der Waals surface area contributed by atoms with E-state index in [2.05, 4.69) is 46.0 Å². The Labute approximate surface area is 135 Å². The van der Waals surface area contributed by atoms with Crippen LogP contribution in [-0.2, 0) is 9.22 Å². The zero-order chi connectivity index (χ0) is 16.7. The third-order valence-corrected chi connectivity index (χ3v) is 10.1. The molecule has 0 saturated carbocycles. The van der Waals surface area contributed by atoms with Gasteiger partial charge in [0.25, 0.3) is 0 Å². The highest BCUT2D eigenvalue weighted by Gasteiger charge is 2.50. The number of imide groups is 1. The molecular weight excluding hydrogens is 293 g/mol. The van der Waals surface area contributed by atoms with Gasteiger partial charge in [-0.2, -0.15) is 0 Å². The normalized spacial score (nSPS) is 28.9. The predicted octanol–water partition coefficient (Wildman–Crippen LogP) is 2.55. The number of hydrogen-bond donors (Lipinski definition) is 0. The quantitative estimate of drug-likeness (QED) is 0.593. The van der Waals surface area contributed by atoms with E-state index in [1.54, 1.807) is 0 Å². The third-order valence-electron chi connectivity index (χ3n) is 5.62. The minimum Gasteiger partial charge on any atom is -0.415 e. The molecule has 2 amide bonds. The largest absolute Gasteiger partial charge is 0.415 e. The first-order valence-corrected chi connectivity index (χ1v) is 11.1. The summed E-state index contributed by atoms with van der Waals surface area (Å²) in [5.74, 6) is 0.0157. The van der Waals surface area contributed by atoms with E-state index < -0.39 is 8.32 Å². The van der Waals surface area contributed by atoms with Crippen molar-refractivity contribution < 1.29 is 14.0 Å². The molecule has 22 heavy (non-hydrogen) atoms. The second-order valence-electron chi connectivity index (χ2n) is 8.08. The molecule has 2 unspecified atom stereocenters. The molecule has 6 heteroatoms. The molecule has 1 saturated heterocycles. The number of fused-ring (bicyclic) bond motifs is 1. The molecule has 1 fully saturated rings. The van der Waals surface area contributed by atoms with Crippen LogP contribution >= 0.6 is 0 Å². The summed E-state index contributed by atoms with van der Waals surface area (Å²) < 4.78 is 6.32. The second kappa shape index (κ2) is 5.96. The lowest BCUT2D eigenvalue weighted by Gasteiger charge is -2.38. The zero-order valence-corrected chi connectivity index (χ0v) is 15.7. The van der Waals surface area contributed by atoms with E-state index in [-0.39, 0.29) is 34.6 Å². The molecule has 0 aromatic heterocycles. The Kier molecular flexibility index (Phi) is 4.74. The van der Waals surface area contributed by atoms with Crippen molar-refractivity contribution in [3.05, 3.63) is 12.2 Å². The van der Waals surface area contributed by atoms with Crippen molar-refractivity contribution in [2.75, 3.05) is 6.61 Å². The molecule has 2 aliphatic rings. The molecule has 2 rings (SSSR count). The Bertz CT molecular complexity index is 498. The van der Waals surface area contributed by atoms with Gasteiger partial charge >= 0.3 is 0 Å². The summed E-state index contributed by atoms with van der Waals surface area (Å²) >= 11 is 0. The SMILES string of the molecule is BC(=O)N1C(=O)C2CC=CCC2[C@H]1CO[Si](C)(C)C(C)(C)C. The summed E-state index contributed by atoms with van der Waals surface area (Å²) in [5.41, 5.74) is 0. The molecule has 0 aromatic rings. The fourth-order valence-electron chi connectivity index (χ4n) is 3.18. The lowest BCUT2D eigenvalue weighted by atomic mass is 9.82. The molecule has 0 spiro atoms. The van der Waals surface area contributed by atoms with Gasteiger partial charge in [-0.3, -0.25) is 14.5 Å². The number of likely N-dealkylation sites (tertiary alicyclic amines) is 1. The van der Waals surface area contributed by atoms with Crippen molar-refractivity contribution in [2.45, 2.75) is 57.8 Å².